The number of methoxy groups -OCH3 is 1. The van der Waals surface area contributed by atoms with E-state index in [2.05, 4.69) is 9.29 Å². The highest BCUT2D eigenvalue weighted by molar-refractivity contribution is 7.92. The van der Waals surface area contributed by atoms with E-state index in [9.17, 15) is 13.2 Å². The Hall–Kier alpha value is -2.51. The predicted molar refractivity (Wildman–Crippen MR) is 117 cm³/mol. The molecular formula is C21H23ClN2O4S. The molecule has 6 nitrogen and oxygen atoms in total. The van der Waals surface area contributed by atoms with Crippen LogP contribution in [-0.4, -0.2) is 31.8 Å². The van der Waals surface area contributed by atoms with E-state index in [1.165, 1.54) is 7.11 Å². The molecule has 8 heteroatoms. The van der Waals surface area contributed by atoms with Crippen molar-refractivity contribution in [3.8, 4) is 11.3 Å². The lowest BCUT2D eigenvalue weighted by Gasteiger charge is -2.12. The molecule has 0 fully saturated rings. The second-order valence-corrected chi connectivity index (χ2v) is 9.06. The lowest BCUT2D eigenvalue weighted by Crippen LogP contribution is -2.14. The number of carbonyl (C=O) groups excluding carboxylic acids is 1. The van der Waals surface area contributed by atoms with Crippen LogP contribution in [-0.2, 0) is 26.1 Å². The van der Waals surface area contributed by atoms with Crippen LogP contribution in [0.4, 0.5) is 5.69 Å². The number of benzene rings is 2. The Balaban J connectivity index is 2.09. The first-order valence-electron chi connectivity index (χ1n) is 9.30. The first-order chi connectivity index (χ1) is 13.8. The van der Waals surface area contributed by atoms with Crippen molar-refractivity contribution in [2.75, 3.05) is 17.6 Å². The van der Waals surface area contributed by atoms with Crippen molar-refractivity contribution >= 4 is 44.2 Å². The third-order valence-corrected chi connectivity index (χ3v) is 6.26. The normalized spacial score (nSPS) is 11.6. The van der Waals surface area contributed by atoms with Gasteiger partial charge in [0.25, 0.3) is 0 Å². The van der Waals surface area contributed by atoms with E-state index < -0.39 is 10.0 Å². The van der Waals surface area contributed by atoms with Crippen molar-refractivity contribution in [3.63, 3.8) is 0 Å². The summed E-state index contributed by atoms with van der Waals surface area (Å²) in [5.74, 6) is -0.265. The Morgan fingerprint density at radius 1 is 1.17 bits per heavy atom. The molecule has 0 aliphatic rings. The topological polar surface area (TPSA) is 77.4 Å². The first-order valence-corrected chi connectivity index (χ1v) is 11.3. The maximum Gasteiger partial charge on any atom is 0.305 e. The minimum atomic E-state index is -3.41. The van der Waals surface area contributed by atoms with Crippen molar-refractivity contribution in [2.24, 2.45) is 0 Å². The van der Waals surface area contributed by atoms with Gasteiger partial charge in [-0.3, -0.25) is 9.52 Å². The maximum atomic E-state index is 12.1. The number of anilines is 1. The van der Waals surface area contributed by atoms with Crippen molar-refractivity contribution in [1.82, 2.24) is 4.57 Å². The van der Waals surface area contributed by atoms with Crippen molar-refractivity contribution < 1.29 is 17.9 Å². The van der Waals surface area contributed by atoms with E-state index in [0.717, 1.165) is 22.2 Å². The van der Waals surface area contributed by atoms with Gasteiger partial charge in [0, 0.05) is 29.1 Å². The van der Waals surface area contributed by atoms with Gasteiger partial charge in [0.1, 0.15) is 0 Å². The number of rotatable bonds is 8. The largest absolute Gasteiger partial charge is 0.469 e. The van der Waals surface area contributed by atoms with Gasteiger partial charge in [0.05, 0.1) is 24.1 Å². The monoisotopic (exact) mass is 434 g/mol. The molecule has 1 heterocycles. The third-order valence-electron chi connectivity index (χ3n) is 4.72. The van der Waals surface area contributed by atoms with Crippen LogP contribution in [0.25, 0.3) is 22.2 Å². The van der Waals surface area contributed by atoms with Crippen LogP contribution in [0.3, 0.4) is 0 Å². The quantitative estimate of drug-likeness (QED) is 0.522. The number of halogens is 1. The highest BCUT2D eigenvalue weighted by atomic mass is 35.5. The maximum absolute atomic E-state index is 12.1. The van der Waals surface area contributed by atoms with Crippen LogP contribution < -0.4 is 4.72 Å². The van der Waals surface area contributed by atoms with Crippen molar-refractivity contribution in [2.45, 2.75) is 26.3 Å². The van der Waals surface area contributed by atoms with Gasteiger partial charge in [-0.1, -0.05) is 29.8 Å². The molecule has 2 aromatic carbocycles. The fraction of sp³-hybridized carbons (Fsp3) is 0.286. The van der Waals surface area contributed by atoms with Crippen LogP contribution >= 0.6 is 11.6 Å². The molecule has 0 aliphatic heterocycles. The van der Waals surface area contributed by atoms with Crippen molar-refractivity contribution in [3.05, 3.63) is 53.6 Å². The van der Waals surface area contributed by atoms with E-state index in [-0.39, 0.29) is 11.7 Å². The molecule has 0 spiro atoms. The number of sulfonamides is 1. The summed E-state index contributed by atoms with van der Waals surface area (Å²) in [5.41, 5.74) is 3.29. The van der Waals surface area contributed by atoms with E-state index in [0.29, 0.717) is 30.1 Å². The van der Waals surface area contributed by atoms with Gasteiger partial charge in [-0.25, -0.2) is 8.42 Å². The van der Waals surface area contributed by atoms with E-state index in [4.69, 9.17) is 16.3 Å². The molecule has 0 bridgehead atoms. The second-order valence-electron chi connectivity index (χ2n) is 6.61. The summed E-state index contributed by atoms with van der Waals surface area (Å²) in [6.07, 6.45) is 0.903. The lowest BCUT2D eigenvalue weighted by atomic mass is 10.1. The summed E-state index contributed by atoms with van der Waals surface area (Å²) < 4.78 is 33.7. The van der Waals surface area contributed by atoms with Gasteiger partial charge in [-0.15, -0.1) is 0 Å². The van der Waals surface area contributed by atoms with Gasteiger partial charge in [-0.05, 0) is 49.2 Å². The molecule has 3 aromatic rings. The summed E-state index contributed by atoms with van der Waals surface area (Å²) in [5, 5.41) is 1.44. The molecule has 0 unspecified atom stereocenters. The minimum Gasteiger partial charge on any atom is -0.469 e. The summed E-state index contributed by atoms with van der Waals surface area (Å²) in [7, 11) is -2.03. The average Bonchev–Trinajstić information content (AvgIpc) is 3.08. The first kappa shape index (κ1) is 21.2. The van der Waals surface area contributed by atoms with Crippen LogP contribution in [0.2, 0.25) is 5.02 Å². The molecule has 0 saturated carbocycles. The minimum absolute atomic E-state index is 0.00668. The number of esters is 1. The number of nitrogens with one attached hydrogen (secondary N) is 1. The van der Waals surface area contributed by atoms with E-state index in [1.807, 2.05) is 42.5 Å². The summed E-state index contributed by atoms with van der Waals surface area (Å²) >= 11 is 6.03. The summed E-state index contributed by atoms with van der Waals surface area (Å²) in [6, 6.07) is 14.9. The van der Waals surface area contributed by atoms with Gasteiger partial charge < -0.3 is 9.30 Å². The highest BCUT2D eigenvalue weighted by Crippen LogP contribution is 2.34. The van der Waals surface area contributed by atoms with Crippen LogP contribution in [0, 0.1) is 0 Å². The SMILES string of the molecule is CCS(=O)(=O)Nc1cccc2c1cc(-c1ccc(Cl)cc1)n2CCCC(=O)OC. The number of aromatic nitrogens is 1. The van der Waals surface area contributed by atoms with Crippen LogP contribution in [0.1, 0.15) is 19.8 Å². The zero-order chi connectivity index (χ0) is 21.0. The summed E-state index contributed by atoms with van der Waals surface area (Å²) in [6.45, 7) is 2.18. The number of carbonyl (C=O) groups is 1. The fourth-order valence-corrected chi connectivity index (χ4v) is 3.98. The molecule has 1 aromatic heterocycles. The van der Waals surface area contributed by atoms with Gasteiger partial charge >= 0.3 is 5.97 Å². The second kappa shape index (κ2) is 8.88. The van der Waals surface area contributed by atoms with Crippen molar-refractivity contribution in [1.29, 1.82) is 0 Å². The Bertz CT molecular complexity index is 1120. The molecule has 0 radical (unpaired) electrons. The molecule has 0 atom stereocenters. The molecular weight excluding hydrogens is 412 g/mol. The molecule has 1 N–H and O–H groups in total. The molecule has 0 amide bonds. The zero-order valence-corrected chi connectivity index (χ0v) is 17.9. The number of aryl methyl sites for hydroxylation is 1. The molecule has 29 heavy (non-hydrogen) atoms. The van der Waals surface area contributed by atoms with Crippen LogP contribution in [0.15, 0.2) is 48.5 Å². The summed E-state index contributed by atoms with van der Waals surface area (Å²) in [4.78, 5) is 11.5. The third kappa shape index (κ3) is 4.92. The van der Waals surface area contributed by atoms with E-state index >= 15 is 0 Å². The lowest BCUT2D eigenvalue weighted by molar-refractivity contribution is -0.140. The fourth-order valence-electron chi connectivity index (χ4n) is 3.20. The number of fused-ring (bicyclic) bond motifs is 1. The Labute approximate surface area is 175 Å². The Kier molecular flexibility index (Phi) is 6.49. The number of ether oxygens (including phenoxy) is 1. The van der Waals surface area contributed by atoms with Gasteiger partial charge in [-0.2, -0.15) is 0 Å². The molecule has 0 saturated heterocycles. The standard InChI is InChI=1S/C21H23ClN2O4S/c1-3-29(26,27)23-18-6-4-7-19-17(18)14-20(15-9-11-16(22)12-10-15)24(19)13-5-8-21(25)28-2/h4,6-7,9-12,14,23H,3,5,8,13H2,1-2H3. The molecule has 3 rings (SSSR count). The zero-order valence-electron chi connectivity index (χ0n) is 16.3. The van der Waals surface area contributed by atoms with Gasteiger partial charge in [0.2, 0.25) is 10.0 Å². The Morgan fingerprint density at radius 2 is 1.90 bits per heavy atom. The Morgan fingerprint density at radius 3 is 2.55 bits per heavy atom. The number of nitrogens with zero attached hydrogens (tertiary/aromatic N) is 1. The van der Waals surface area contributed by atoms with E-state index in [1.54, 1.807) is 13.0 Å². The number of hydrogen-bond acceptors (Lipinski definition) is 4. The van der Waals surface area contributed by atoms with Gasteiger partial charge in [0.15, 0.2) is 0 Å². The number of hydrogen-bond donors (Lipinski definition) is 1. The molecule has 154 valence electrons. The smallest absolute Gasteiger partial charge is 0.305 e. The average molecular weight is 435 g/mol. The van der Waals surface area contributed by atoms with Crippen LogP contribution in [0.5, 0.6) is 0 Å². The molecule has 0 aliphatic carbocycles. The highest BCUT2D eigenvalue weighted by Gasteiger charge is 2.16. The predicted octanol–water partition coefficient (Wildman–Crippen LogP) is 4.68.